The second kappa shape index (κ2) is 9.52. The van der Waals surface area contributed by atoms with Crippen molar-refractivity contribution in [2.24, 2.45) is 0 Å². The molecule has 0 aliphatic carbocycles. The van der Waals surface area contributed by atoms with Crippen LogP contribution in [-0.2, 0) is 4.74 Å². The average Bonchev–Trinajstić information content (AvgIpc) is 3.13. The topological polar surface area (TPSA) is 69.0 Å². The van der Waals surface area contributed by atoms with E-state index in [4.69, 9.17) is 27.9 Å². The van der Waals surface area contributed by atoms with Crippen LogP contribution in [0.15, 0.2) is 46.9 Å². The number of amides is 1. The molecule has 0 atom stereocenters. The molecule has 0 radical (unpaired) electrons. The quantitative estimate of drug-likeness (QED) is 0.491. The van der Waals surface area contributed by atoms with Gasteiger partial charge in [0.05, 0.1) is 15.7 Å². The Labute approximate surface area is 180 Å². The largest absolute Gasteiger partial charge is 0.385 e. The van der Waals surface area contributed by atoms with Crippen molar-refractivity contribution in [3.63, 3.8) is 0 Å². The van der Waals surface area contributed by atoms with Crippen LogP contribution in [0.5, 0.6) is 0 Å². The molecule has 0 spiro atoms. The van der Waals surface area contributed by atoms with E-state index >= 15 is 0 Å². The van der Waals surface area contributed by atoms with Crippen LogP contribution in [0.25, 0.3) is 17.1 Å². The molecule has 28 heavy (non-hydrogen) atoms. The summed E-state index contributed by atoms with van der Waals surface area (Å²) in [5.74, 6) is 0.239. The Morgan fingerprint density at radius 2 is 1.93 bits per heavy atom. The molecule has 1 amide bonds. The minimum atomic E-state index is -0.353. The number of carbonyl (C=O) groups is 1. The first-order chi connectivity index (χ1) is 13.5. The van der Waals surface area contributed by atoms with Gasteiger partial charge in [-0.1, -0.05) is 51.3 Å². The maximum Gasteiger partial charge on any atom is 0.290 e. The van der Waals surface area contributed by atoms with Crippen molar-refractivity contribution >= 4 is 45.0 Å². The number of nitrogens with zero attached hydrogens (tertiary/aromatic N) is 3. The molecule has 2 aromatic carbocycles. The summed E-state index contributed by atoms with van der Waals surface area (Å²) in [6.45, 7) is 1.04. The third-order valence-corrected chi connectivity index (χ3v) is 5.14. The number of halogens is 3. The van der Waals surface area contributed by atoms with Crippen LogP contribution < -0.4 is 5.32 Å². The second-order valence-electron chi connectivity index (χ2n) is 5.88. The lowest BCUT2D eigenvalue weighted by atomic mass is 10.2. The van der Waals surface area contributed by atoms with Crippen molar-refractivity contribution in [2.75, 3.05) is 20.3 Å². The summed E-state index contributed by atoms with van der Waals surface area (Å²) in [4.78, 5) is 16.9. The highest BCUT2D eigenvalue weighted by atomic mass is 79.9. The van der Waals surface area contributed by atoms with Crippen LogP contribution >= 0.6 is 39.1 Å². The van der Waals surface area contributed by atoms with Gasteiger partial charge in [-0.05, 0) is 36.8 Å². The first kappa shape index (κ1) is 20.8. The third-order valence-electron chi connectivity index (χ3n) is 3.87. The van der Waals surface area contributed by atoms with E-state index in [1.807, 2.05) is 24.3 Å². The van der Waals surface area contributed by atoms with Gasteiger partial charge in [0.25, 0.3) is 5.91 Å². The Morgan fingerprint density at radius 3 is 2.61 bits per heavy atom. The van der Waals surface area contributed by atoms with E-state index in [0.717, 1.165) is 10.0 Å². The minimum Gasteiger partial charge on any atom is -0.385 e. The van der Waals surface area contributed by atoms with Gasteiger partial charge in [-0.15, -0.1) is 5.10 Å². The maximum absolute atomic E-state index is 12.5. The number of rotatable bonds is 7. The van der Waals surface area contributed by atoms with Crippen LogP contribution in [0, 0.1) is 0 Å². The standard InChI is InChI=1S/C19H17BrCl2N4O2/c1-28-10-2-9-23-19(27)17-24-18(12-3-5-13(20)6-4-12)26(25-17)14-7-8-15(21)16(22)11-14/h3-8,11H,2,9-10H2,1H3,(H,23,27). The molecule has 1 N–H and O–H groups in total. The van der Waals surface area contributed by atoms with Gasteiger partial charge in [0.1, 0.15) is 0 Å². The number of benzene rings is 2. The Hall–Kier alpha value is -1.93. The highest BCUT2D eigenvalue weighted by Gasteiger charge is 2.19. The predicted molar refractivity (Wildman–Crippen MR) is 113 cm³/mol. The SMILES string of the molecule is COCCCNC(=O)c1nc(-c2ccc(Br)cc2)n(-c2ccc(Cl)c(Cl)c2)n1. The van der Waals surface area contributed by atoms with Crippen molar-refractivity contribution in [3.05, 3.63) is 62.8 Å². The molecule has 0 aliphatic heterocycles. The minimum absolute atomic E-state index is 0.0707. The molecule has 1 heterocycles. The molecule has 0 aliphatic rings. The summed E-state index contributed by atoms with van der Waals surface area (Å²) < 4.78 is 7.50. The van der Waals surface area contributed by atoms with Crippen LogP contribution in [0.3, 0.4) is 0 Å². The fourth-order valence-corrected chi connectivity index (χ4v) is 3.05. The number of methoxy groups -OCH3 is 1. The molecular formula is C19H17BrCl2N4O2. The first-order valence-electron chi connectivity index (χ1n) is 8.45. The van der Waals surface area contributed by atoms with Gasteiger partial charge >= 0.3 is 0 Å². The van der Waals surface area contributed by atoms with E-state index < -0.39 is 0 Å². The van der Waals surface area contributed by atoms with Gasteiger partial charge in [-0.2, -0.15) is 0 Å². The molecule has 9 heteroatoms. The van der Waals surface area contributed by atoms with Crippen LogP contribution in [0.4, 0.5) is 0 Å². The maximum atomic E-state index is 12.5. The molecule has 0 bridgehead atoms. The zero-order chi connectivity index (χ0) is 20.1. The molecule has 6 nitrogen and oxygen atoms in total. The monoisotopic (exact) mass is 482 g/mol. The Kier molecular flexibility index (Phi) is 7.07. The summed E-state index contributed by atoms with van der Waals surface area (Å²) in [6, 6.07) is 12.7. The van der Waals surface area contributed by atoms with Crippen molar-refractivity contribution in [1.29, 1.82) is 0 Å². The lowest BCUT2D eigenvalue weighted by molar-refractivity contribution is 0.0938. The number of nitrogens with one attached hydrogen (secondary N) is 1. The van der Waals surface area contributed by atoms with E-state index in [-0.39, 0.29) is 11.7 Å². The zero-order valence-corrected chi connectivity index (χ0v) is 18.1. The summed E-state index contributed by atoms with van der Waals surface area (Å²) in [5, 5.41) is 8.02. The normalized spacial score (nSPS) is 10.9. The summed E-state index contributed by atoms with van der Waals surface area (Å²) in [7, 11) is 1.62. The molecule has 0 saturated carbocycles. The van der Waals surface area contributed by atoms with Crippen LogP contribution in [0.2, 0.25) is 10.0 Å². The highest BCUT2D eigenvalue weighted by molar-refractivity contribution is 9.10. The Morgan fingerprint density at radius 1 is 1.18 bits per heavy atom. The van der Waals surface area contributed by atoms with Crippen molar-refractivity contribution in [1.82, 2.24) is 20.1 Å². The number of hydrogen-bond acceptors (Lipinski definition) is 4. The number of hydrogen-bond donors (Lipinski definition) is 1. The molecule has 1 aromatic heterocycles. The summed E-state index contributed by atoms with van der Waals surface area (Å²) in [5.41, 5.74) is 1.46. The summed E-state index contributed by atoms with van der Waals surface area (Å²) in [6.07, 6.45) is 0.704. The van der Waals surface area contributed by atoms with Gasteiger partial charge in [-0.3, -0.25) is 4.79 Å². The van der Waals surface area contributed by atoms with Gasteiger partial charge in [0, 0.05) is 30.3 Å². The smallest absolute Gasteiger partial charge is 0.290 e. The van der Waals surface area contributed by atoms with Gasteiger partial charge in [0.15, 0.2) is 5.82 Å². The van der Waals surface area contributed by atoms with Gasteiger partial charge in [-0.25, -0.2) is 9.67 Å². The van der Waals surface area contributed by atoms with E-state index in [1.165, 1.54) is 0 Å². The fourth-order valence-electron chi connectivity index (χ4n) is 2.49. The molecule has 0 fully saturated rings. The molecule has 3 aromatic rings. The van der Waals surface area contributed by atoms with E-state index in [9.17, 15) is 4.79 Å². The molecular weight excluding hydrogens is 467 g/mol. The van der Waals surface area contributed by atoms with Crippen LogP contribution in [-0.4, -0.2) is 40.9 Å². The Balaban J connectivity index is 1.98. The average molecular weight is 484 g/mol. The number of ether oxygens (including phenoxy) is 1. The zero-order valence-electron chi connectivity index (χ0n) is 15.0. The van der Waals surface area contributed by atoms with E-state index in [1.54, 1.807) is 30.0 Å². The predicted octanol–water partition coefficient (Wildman–Crippen LogP) is 4.77. The Bertz CT molecular complexity index is 977. The van der Waals surface area contributed by atoms with Gasteiger partial charge in [0.2, 0.25) is 5.82 Å². The lowest BCUT2D eigenvalue weighted by Crippen LogP contribution is -2.26. The van der Waals surface area contributed by atoms with Crippen molar-refractivity contribution < 1.29 is 9.53 Å². The van der Waals surface area contributed by atoms with Gasteiger partial charge < -0.3 is 10.1 Å². The van der Waals surface area contributed by atoms with E-state index in [2.05, 4.69) is 31.3 Å². The van der Waals surface area contributed by atoms with Crippen molar-refractivity contribution in [2.45, 2.75) is 6.42 Å². The molecule has 0 unspecified atom stereocenters. The first-order valence-corrected chi connectivity index (χ1v) is 10.00. The number of carbonyl (C=O) groups excluding carboxylic acids is 1. The summed E-state index contributed by atoms with van der Waals surface area (Å²) >= 11 is 15.6. The molecule has 0 saturated heterocycles. The molecule has 146 valence electrons. The molecule has 3 rings (SSSR count). The fraction of sp³-hybridized carbons (Fsp3) is 0.211. The number of aromatic nitrogens is 3. The highest BCUT2D eigenvalue weighted by Crippen LogP contribution is 2.28. The second-order valence-corrected chi connectivity index (χ2v) is 7.61. The van der Waals surface area contributed by atoms with Crippen molar-refractivity contribution in [3.8, 4) is 17.1 Å². The third kappa shape index (κ3) is 4.91. The van der Waals surface area contributed by atoms with E-state index in [0.29, 0.717) is 41.1 Å². The van der Waals surface area contributed by atoms with Crippen LogP contribution in [0.1, 0.15) is 17.0 Å². The lowest BCUT2D eigenvalue weighted by Gasteiger charge is -2.07.